The third kappa shape index (κ3) is 2.67. The molecule has 0 saturated carbocycles. The van der Waals surface area contributed by atoms with Gasteiger partial charge in [-0.05, 0) is 34.1 Å². The number of benzene rings is 1. The van der Waals surface area contributed by atoms with Gasteiger partial charge in [0.2, 0.25) is 0 Å². The van der Waals surface area contributed by atoms with Crippen LogP contribution in [-0.4, -0.2) is 12.5 Å². The van der Waals surface area contributed by atoms with Crippen molar-refractivity contribution < 1.29 is 9.18 Å². The molecule has 0 spiro atoms. The number of hydrogen-bond donors (Lipinski definition) is 1. The minimum absolute atomic E-state index is 0.284. The molecule has 0 aliphatic carbocycles. The van der Waals surface area contributed by atoms with Crippen LogP contribution in [0, 0.1) is 5.82 Å². The maximum Gasteiger partial charge on any atom is 0.252 e. The van der Waals surface area contributed by atoms with Crippen LogP contribution in [0.5, 0.6) is 0 Å². The second kappa shape index (κ2) is 4.91. The maximum atomic E-state index is 12.8. The number of carbonyl (C=O) groups is 1. The van der Waals surface area contributed by atoms with Crippen molar-refractivity contribution in [2.75, 3.05) is 6.54 Å². The zero-order valence-corrected chi connectivity index (χ0v) is 8.97. The van der Waals surface area contributed by atoms with E-state index in [1.54, 1.807) is 6.08 Å². The first-order valence-corrected chi connectivity index (χ1v) is 4.78. The molecule has 14 heavy (non-hydrogen) atoms. The second-order valence-corrected chi connectivity index (χ2v) is 3.48. The summed E-state index contributed by atoms with van der Waals surface area (Å²) in [6.07, 6.45) is 1.56. The average molecular weight is 258 g/mol. The number of rotatable bonds is 3. The van der Waals surface area contributed by atoms with Crippen LogP contribution in [0.2, 0.25) is 0 Å². The fraction of sp³-hybridized carbons (Fsp3) is 0.100. The molecule has 0 atom stereocenters. The molecule has 1 rings (SSSR count). The lowest BCUT2D eigenvalue weighted by Crippen LogP contribution is -2.23. The maximum absolute atomic E-state index is 12.8. The van der Waals surface area contributed by atoms with E-state index in [1.165, 1.54) is 18.2 Å². The average Bonchev–Trinajstić information content (AvgIpc) is 2.18. The first kappa shape index (κ1) is 10.9. The summed E-state index contributed by atoms with van der Waals surface area (Å²) in [6.45, 7) is 3.83. The molecule has 0 saturated heterocycles. The van der Waals surface area contributed by atoms with Crippen molar-refractivity contribution in [2.24, 2.45) is 0 Å². The summed E-state index contributed by atoms with van der Waals surface area (Å²) in [5.41, 5.74) is 0.284. The third-order valence-corrected chi connectivity index (χ3v) is 2.27. The van der Waals surface area contributed by atoms with Gasteiger partial charge in [-0.2, -0.15) is 0 Å². The number of hydrogen-bond acceptors (Lipinski definition) is 1. The molecule has 0 aliphatic rings. The molecule has 1 aromatic rings. The fourth-order valence-corrected chi connectivity index (χ4v) is 1.36. The van der Waals surface area contributed by atoms with E-state index in [2.05, 4.69) is 27.8 Å². The summed E-state index contributed by atoms with van der Waals surface area (Å²) in [5.74, 6) is -0.756. The Labute approximate surface area is 89.9 Å². The summed E-state index contributed by atoms with van der Waals surface area (Å²) in [6, 6.07) is 3.97. The summed E-state index contributed by atoms with van der Waals surface area (Å²) >= 11 is 3.17. The van der Waals surface area contributed by atoms with Crippen LogP contribution < -0.4 is 5.32 Å². The van der Waals surface area contributed by atoms with Crippen molar-refractivity contribution in [1.29, 1.82) is 0 Å². The first-order valence-electron chi connectivity index (χ1n) is 3.99. The topological polar surface area (TPSA) is 29.1 Å². The second-order valence-electron chi connectivity index (χ2n) is 2.62. The molecular formula is C10H9BrFNO. The van der Waals surface area contributed by atoms with Gasteiger partial charge in [0, 0.05) is 11.0 Å². The molecule has 0 bridgehead atoms. The van der Waals surface area contributed by atoms with E-state index in [4.69, 9.17) is 0 Å². The zero-order chi connectivity index (χ0) is 10.6. The van der Waals surface area contributed by atoms with E-state index in [-0.39, 0.29) is 11.5 Å². The molecule has 0 heterocycles. The van der Waals surface area contributed by atoms with Crippen LogP contribution in [0.1, 0.15) is 10.4 Å². The monoisotopic (exact) mass is 257 g/mol. The fourth-order valence-electron chi connectivity index (χ4n) is 0.932. The molecule has 0 aliphatic heterocycles. The van der Waals surface area contributed by atoms with Crippen molar-refractivity contribution in [3.8, 4) is 0 Å². The van der Waals surface area contributed by atoms with Gasteiger partial charge in [0.1, 0.15) is 5.82 Å². The SMILES string of the molecule is C=CCNC(=O)c1cc(F)ccc1Br. The standard InChI is InChI=1S/C10H9BrFNO/c1-2-5-13-10(14)8-6-7(12)3-4-9(8)11/h2-4,6H,1,5H2,(H,13,14). The van der Waals surface area contributed by atoms with Crippen LogP contribution in [0.25, 0.3) is 0 Å². The van der Waals surface area contributed by atoms with Crippen LogP contribution >= 0.6 is 15.9 Å². The third-order valence-electron chi connectivity index (χ3n) is 1.58. The minimum Gasteiger partial charge on any atom is -0.349 e. The summed E-state index contributed by atoms with van der Waals surface area (Å²) in [4.78, 5) is 11.4. The van der Waals surface area contributed by atoms with Gasteiger partial charge in [-0.15, -0.1) is 6.58 Å². The molecule has 0 unspecified atom stereocenters. The molecule has 1 N–H and O–H groups in total. The highest BCUT2D eigenvalue weighted by molar-refractivity contribution is 9.10. The van der Waals surface area contributed by atoms with Crippen LogP contribution in [0.15, 0.2) is 35.3 Å². The molecule has 0 fully saturated rings. The van der Waals surface area contributed by atoms with Gasteiger partial charge in [-0.1, -0.05) is 6.08 Å². The number of carbonyl (C=O) groups excluding carboxylic acids is 1. The molecule has 0 radical (unpaired) electrons. The molecule has 2 nitrogen and oxygen atoms in total. The lowest BCUT2D eigenvalue weighted by Gasteiger charge is -2.04. The number of nitrogens with one attached hydrogen (secondary N) is 1. The zero-order valence-electron chi connectivity index (χ0n) is 7.39. The lowest BCUT2D eigenvalue weighted by atomic mass is 10.2. The Kier molecular flexibility index (Phi) is 3.83. The predicted octanol–water partition coefficient (Wildman–Crippen LogP) is 2.50. The van der Waals surface area contributed by atoms with Gasteiger partial charge >= 0.3 is 0 Å². The van der Waals surface area contributed by atoms with E-state index in [1.807, 2.05) is 0 Å². The smallest absolute Gasteiger partial charge is 0.252 e. The van der Waals surface area contributed by atoms with Crippen molar-refractivity contribution >= 4 is 21.8 Å². The molecular weight excluding hydrogens is 249 g/mol. The van der Waals surface area contributed by atoms with Crippen LogP contribution in [0.4, 0.5) is 4.39 Å². The Morgan fingerprint density at radius 3 is 3.00 bits per heavy atom. The summed E-state index contributed by atoms with van der Waals surface area (Å²) in [7, 11) is 0. The minimum atomic E-state index is -0.433. The van der Waals surface area contributed by atoms with Crippen molar-refractivity contribution in [2.45, 2.75) is 0 Å². The van der Waals surface area contributed by atoms with E-state index in [0.29, 0.717) is 11.0 Å². The lowest BCUT2D eigenvalue weighted by molar-refractivity contribution is 0.0957. The van der Waals surface area contributed by atoms with Gasteiger partial charge in [-0.25, -0.2) is 4.39 Å². The van der Waals surface area contributed by atoms with Gasteiger partial charge in [0.05, 0.1) is 5.56 Å². The van der Waals surface area contributed by atoms with E-state index in [0.717, 1.165) is 0 Å². The molecule has 1 aromatic carbocycles. The summed E-state index contributed by atoms with van der Waals surface area (Å²) < 4.78 is 13.4. The van der Waals surface area contributed by atoms with Crippen LogP contribution in [-0.2, 0) is 0 Å². The van der Waals surface area contributed by atoms with Crippen molar-refractivity contribution in [3.63, 3.8) is 0 Å². The number of halogens is 2. The van der Waals surface area contributed by atoms with Gasteiger partial charge in [0.25, 0.3) is 5.91 Å². The van der Waals surface area contributed by atoms with E-state index >= 15 is 0 Å². The molecule has 0 aromatic heterocycles. The highest BCUT2D eigenvalue weighted by atomic mass is 79.9. The molecule has 4 heteroatoms. The Hall–Kier alpha value is -1.16. The molecule has 74 valence electrons. The van der Waals surface area contributed by atoms with Crippen LogP contribution in [0.3, 0.4) is 0 Å². The van der Waals surface area contributed by atoms with Gasteiger partial charge in [0.15, 0.2) is 0 Å². The number of amides is 1. The Balaban J connectivity index is 2.88. The Bertz CT molecular complexity index is 365. The van der Waals surface area contributed by atoms with Gasteiger partial charge < -0.3 is 5.32 Å². The highest BCUT2D eigenvalue weighted by Gasteiger charge is 2.09. The van der Waals surface area contributed by atoms with Crippen molar-refractivity contribution in [3.05, 3.63) is 46.7 Å². The van der Waals surface area contributed by atoms with E-state index < -0.39 is 5.82 Å². The summed E-state index contributed by atoms with van der Waals surface area (Å²) in [5, 5.41) is 2.56. The predicted molar refractivity (Wildman–Crippen MR) is 56.6 cm³/mol. The first-order chi connectivity index (χ1) is 6.65. The quantitative estimate of drug-likeness (QED) is 0.829. The Morgan fingerprint density at radius 2 is 2.36 bits per heavy atom. The molecule has 1 amide bonds. The van der Waals surface area contributed by atoms with E-state index in [9.17, 15) is 9.18 Å². The normalized spacial score (nSPS) is 9.57. The van der Waals surface area contributed by atoms with Crippen molar-refractivity contribution in [1.82, 2.24) is 5.32 Å². The largest absolute Gasteiger partial charge is 0.349 e. The Morgan fingerprint density at radius 1 is 1.64 bits per heavy atom. The van der Waals surface area contributed by atoms with Gasteiger partial charge in [-0.3, -0.25) is 4.79 Å². The highest BCUT2D eigenvalue weighted by Crippen LogP contribution is 2.17.